The van der Waals surface area contributed by atoms with E-state index in [1.54, 1.807) is 12.3 Å². The first-order valence-electron chi connectivity index (χ1n) is 11.3. The number of piperidine rings is 1. The van der Waals surface area contributed by atoms with E-state index in [1.807, 2.05) is 48.5 Å². The first kappa shape index (κ1) is 21.2. The number of nitrogens with one attached hydrogen (secondary N) is 1. The van der Waals surface area contributed by atoms with Crippen LogP contribution in [-0.2, 0) is 17.8 Å². The number of ether oxygens (including phenoxy) is 2. The summed E-state index contributed by atoms with van der Waals surface area (Å²) in [5.41, 5.74) is 2.15. The van der Waals surface area contributed by atoms with Crippen molar-refractivity contribution in [3.63, 3.8) is 0 Å². The monoisotopic (exact) mass is 447 g/mol. The third-order valence-electron chi connectivity index (χ3n) is 6.42. The second kappa shape index (κ2) is 9.10. The standard InChI is InChI=1S/C26H26FN3O3/c27-22-8-4-7-20-11-12-26(33-24(20)22)13-15-30(16-14-26)23-10-9-21(17-28-23)29-25(31)32-18-19-5-2-1-3-6-19/h1-10,17H,11-16,18H2,(H,29,31). The van der Waals surface area contributed by atoms with E-state index in [9.17, 15) is 9.18 Å². The molecular formula is C26H26FN3O3. The lowest BCUT2D eigenvalue weighted by Crippen LogP contribution is -2.50. The van der Waals surface area contributed by atoms with E-state index < -0.39 is 6.09 Å². The highest BCUT2D eigenvalue weighted by Crippen LogP contribution is 2.41. The number of halogens is 1. The fourth-order valence-electron chi connectivity index (χ4n) is 4.51. The molecule has 0 radical (unpaired) electrons. The normalized spacial score (nSPS) is 16.6. The van der Waals surface area contributed by atoms with Crippen LogP contribution in [0.15, 0.2) is 66.9 Å². The third-order valence-corrected chi connectivity index (χ3v) is 6.42. The SMILES string of the molecule is O=C(Nc1ccc(N2CCC3(CCc4cccc(F)c4O3)CC2)nc1)OCc1ccccc1. The molecule has 6 nitrogen and oxygen atoms in total. The Labute approximate surface area is 192 Å². The van der Waals surface area contributed by atoms with Crippen molar-refractivity contribution in [1.29, 1.82) is 0 Å². The van der Waals surface area contributed by atoms with Gasteiger partial charge in [0.15, 0.2) is 11.6 Å². The second-order valence-corrected chi connectivity index (χ2v) is 8.59. The minimum atomic E-state index is -0.518. The van der Waals surface area contributed by atoms with Gasteiger partial charge < -0.3 is 14.4 Å². The van der Waals surface area contributed by atoms with Gasteiger partial charge in [-0.2, -0.15) is 0 Å². The number of aromatic nitrogens is 1. The number of hydrogen-bond donors (Lipinski definition) is 1. The van der Waals surface area contributed by atoms with Gasteiger partial charge in [0.1, 0.15) is 18.0 Å². The molecule has 2 aromatic carbocycles. The van der Waals surface area contributed by atoms with Crippen LogP contribution in [0.4, 0.5) is 20.7 Å². The Kier molecular flexibility index (Phi) is 5.86. The van der Waals surface area contributed by atoms with Crippen LogP contribution < -0.4 is 15.0 Å². The zero-order valence-corrected chi connectivity index (χ0v) is 18.3. The lowest BCUT2D eigenvalue weighted by atomic mass is 9.83. The summed E-state index contributed by atoms with van der Waals surface area (Å²) in [6.07, 6.45) is 4.48. The van der Waals surface area contributed by atoms with Gasteiger partial charge in [-0.3, -0.25) is 5.32 Å². The number of benzene rings is 2. The molecule has 1 saturated heterocycles. The predicted octanol–water partition coefficient (Wildman–Crippen LogP) is 5.33. The quantitative estimate of drug-likeness (QED) is 0.585. The molecule has 170 valence electrons. The molecule has 3 aromatic rings. The molecular weight excluding hydrogens is 421 g/mol. The molecule has 2 aliphatic heterocycles. The molecule has 0 unspecified atom stereocenters. The van der Waals surface area contributed by atoms with Gasteiger partial charge in [0.25, 0.3) is 0 Å². The number of amides is 1. The zero-order chi connectivity index (χ0) is 22.7. The first-order chi connectivity index (χ1) is 16.1. The number of para-hydroxylation sites is 1. The summed E-state index contributed by atoms with van der Waals surface area (Å²) in [5, 5.41) is 2.71. The summed E-state index contributed by atoms with van der Waals surface area (Å²) in [7, 11) is 0. The molecule has 33 heavy (non-hydrogen) atoms. The maximum absolute atomic E-state index is 14.2. The number of carbonyl (C=O) groups excluding carboxylic acids is 1. The molecule has 0 saturated carbocycles. The fourth-order valence-corrected chi connectivity index (χ4v) is 4.51. The van der Waals surface area contributed by atoms with Crippen LogP contribution in [0.3, 0.4) is 0 Å². The average molecular weight is 448 g/mol. The third kappa shape index (κ3) is 4.77. The van der Waals surface area contributed by atoms with Crippen molar-refractivity contribution in [2.45, 2.75) is 37.9 Å². The molecule has 0 aliphatic carbocycles. The van der Waals surface area contributed by atoms with E-state index in [2.05, 4.69) is 15.2 Å². The summed E-state index contributed by atoms with van der Waals surface area (Å²) >= 11 is 0. The summed E-state index contributed by atoms with van der Waals surface area (Å²) < 4.78 is 25.7. The van der Waals surface area contributed by atoms with Crippen LogP contribution in [0.2, 0.25) is 0 Å². The van der Waals surface area contributed by atoms with Gasteiger partial charge in [0.2, 0.25) is 0 Å². The van der Waals surface area contributed by atoms with Gasteiger partial charge in [-0.05, 0) is 42.2 Å². The maximum atomic E-state index is 14.2. The van der Waals surface area contributed by atoms with Crippen molar-refractivity contribution >= 4 is 17.6 Å². The van der Waals surface area contributed by atoms with Crippen LogP contribution in [-0.4, -0.2) is 29.8 Å². The van der Waals surface area contributed by atoms with Crippen LogP contribution in [0, 0.1) is 5.82 Å². The Balaban J connectivity index is 1.14. The molecule has 5 rings (SSSR count). The maximum Gasteiger partial charge on any atom is 0.412 e. The average Bonchev–Trinajstić information content (AvgIpc) is 2.85. The Bertz CT molecular complexity index is 1110. The molecule has 1 spiro atoms. The van der Waals surface area contributed by atoms with E-state index in [0.29, 0.717) is 11.4 Å². The summed E-state index contributed by atoms with van der Waals surface area (Å²) in [5.74, 6) is 0.987. The van der Waals surface area contributed by atoms with E-state index in [4.69, 9.17) is 9.47 Å². The van der Waals surface area contributed by atoms with Crippen LogP contribution in [0.5, 0.6) is 5.75 Å². The van der Waals surface area contributed by atoms with Gasteiger partial charge in [-0.1, -0.05) is 42.5 Å². The molecule has 1 amide bonds. The lowest BCUT2D eigenvalue weighted by Gasteiger charge is -2.45. The highest BCUT2D eigenvalue weighted by molar-refractivity contribution is 5.84. The number of nitrogens with zero attached hydrogens (tertiary/aromatic N) is 2. The first-order valence-corrected chi connectivity index (χ1v) is 11.3. The summed E-state index contributed by atoms with van der Waals surface area (Å²) in [6.45, 7) is 1.77. The number of carbonyl (C=O) groups is 1. The number of pyridine rings is 1. The van der Waals surface area contributed by atoms with Gasteiger partial charge in [0, 0.05) is 25.9 Å². The van der Waals surface area contributed by atoms with Crippen LogP contribution in [0.25, 0.3) is 0 Å². The largest absolute Gasteiger partial charge is 0.484 e. The molecule has 0 atom stereocenters. The van der Waals surface area contributed by atoms with Gasteiger partial charge in [-0.15, -0.1) is 0 Å². The van der Waals surface area contributed by atoms with E-state index in [0.717, 1.165) is 55.7 Å². The van der Waals surface area contributed by atoms with Gasteiger partial charge >= 0.3 is 6.09 Å². The Morgan fingerprint density at radius 3 is 2.64 bits per heavy atom. The highest BCUT2D eigenvalue weighted by Gasteiger charge is 2.40. The second-order valence-electron chi connectivity index (χ2n) is 8.59. The molecule has 1 N–H and O–H groups in total. The Hall–Kier alpha value is -3.61. The fraction of sp³-hybridized carbons (Fsp3) is 0.308. The number of aryl methyl sites for hydroxylation is 1. The minimum absolute atomic E-state index is 0.212. The summed E-state index contributed by atoms with van der Waals surface area (Å²) in [6, 6.07) is 18.4. The molecule has 0 bridgehead atoms. The number of rotatable bonds is 4. The van der Waals surface area contributed by atoms with Crippen LogP contribution >= 0.6 is 0 Å². The Morgan fingerprint density at radius 1 is 1.06 bits per heavy atom. The van der Waals surface area contributed by atoms with Crippen molar-refractivity contribution < 1.29 is 18.7 Å². The van der Waals surface area contributed by atoms with Crippen molar-refractivity contribution in [2.24, 2.45) is 0 Å². The smallest absolute Gasteiger partial charge is 0.412 e. The molecule has 1 aromatic heterocycles. The number of fused-ring (bicyclic) bond motifs is 1. The molecule has 3 heterocycles. The van der Waals surface area contributed by atoms with Crippen LogP contribution in [0.1, 0.15) is 30.4 Å². The topological polar surface area (TPSA) is 63.7 Å². The Morgan fingerprint density at radius 2 is 1.88 bits per heavy atom. The van der Waals surface area contributed by atoms with Gasteiger partial charge in [-0.25, -0.2) is 14.2 Å². The number of hydrogen-bond acceptors (Lipinski definition) is 5. The van der Waals surface area contributed by atoms with E-state index >= 15 is 0 Å². The zero-order valence-electron chi connectivity index (χ0n) is 18.3. The van der Waals surface area contributed by atoms with Gasteiger partial charge in [0.05, 0.1) is 11.9 Å². The minimum Gasteiger partial charge on any atom is -0.484 e. The molecule has 7 heteroatoms. The van der Waals surface area contributed by atoms with Crippen molar-refractivity contribution in [3.05, 3.63) is 83.8 Å². The molecule has 1 fully saturated rings. The van der Waals surface area contributed by atoms with Crippen molar-refractivity contribution in [3.8, 4) is 5.75 Å². The highest BCUT2D eigenvalue weighted by atomic mass is 19.1. The van der Waals surface area contributed by atoms with Crippen molar-refractivity contribution in [2.75, 3.05) is 23.3 Å². The van der Waals surface area contributed by atoms with E-state index in [1.165, 1.54) is 6.07 Å². The van der Waals surface area contributed by atoms with Crippen molar-refractivity contribution in [1.82, 2.24) is 4.98 Å². The molecule has 2 aliphatic rings. The summed E-state index contributed by atoms with van der Waals surface area (Å²) in [4.78, 5) is 18.8. The van der Waals surface area contributed by atoms with E-state index in [-0.39, 0.29) is 18.0 Å². The lowest BCUT2D eigenvalue weighted by molar-refractivity contribution is 0.0184. The predicted molar refractivity (Wildman–Crippen MR) is 124 cm³/mol. The number of anilines is 2.